The topological polar surface area (TPSA) is 81.7 Å². The summed E-state index contributed by atoms with van der Waals surface area (Å²) in [7, 11) is -1.83. The van der Waals surface area contributed by atoms with Gasteiger partial charge in [-0.25, -0.2) is 13.2 Å². The molecule has 0 aromatic heterocycles. The van der Waals surface area contributed by atoms with Gasteiger partial charge in [0.15, 0.2) is 9.84 Å². The summed E-state index contributed by atoms with van der Waals surface area (Å²) in [4.78, 5) is 11.8. The largest absolute Gasteiger partial charge is 0.487 e. The van der Waals surface area contributed by atoms with Gasteiger partial charge in [0, 0.05) is 18.0 Å². The monoisotopic (exact) mass is 369 g/mol. The molecule has 7 heteroatoms. The van der Waals surface area contributed by atoms with Gasteiger partial charge in [-0.05, 0) is 38.5 Å². The Morgan fingerprint density at radius 3 is 2.76 bits per heavy atom. The van der Waals surface area contributed by atoms with E-state index < -0.39 is 21.4 Å². The minimum absolute atomic E-state index is 0.0877. The Morgan fingerprint density at radius 2 is 2.12 bits per heavy atom. The molecule has 25 heavy (non-hydrogen) atoms. The van der Waals surface area contributed by atoms with Crippen molar-refractivity contribution in [3.05, 3.63) is 29.3 Å². The van der Waals surface area contributed by atoms with Crippen LogP contribution < -0.4 is 10.1 Å². The molecule has 1 aliphatic rings. The van der Waals surface area contributed by atoms with Gasteiger partial charge in [0.2, 0.25) is 0 Å². The molecule has 6 nitrogen and oxygen atoms in total. The first kappa shape index (κ1) is 19.7. The Balaban J connectivity index is 2.25. The number of hydrogen-bond donors (Lipinski definition) is 1. The number of carbonyl (C=O) groups excluding carboxylic acids is 1. The maximum Gasteiger partial charge on any atom is 0.337 e. The second kappa shape index (κ2) is 7.74. The predicted molar refractivity (Wildman–Crippen MR) is 96.5 cm³/mol. The fourth-order valence-electron chi connectivity index (χ4n) is 2.95. The van der Waals surface area contributed by atoms with Crippen molar-refractivity contribution in [2.45, 2.75) is 51.7 Å². The summed E-state index contributed by atoms with van der Waals surface area (Å²) < 4.78 is 35.1. The normalized spacial score (nSPS) is 19.0. The number of ether oxygens (including phenoxy) is 2. The van der Waals surface area contributed by atoms with E-state index in [0.29, 0.717) is 24.2 Å². The smallest absolute Gasteiger partial charge is 0.337 e. The molecule has 1 unspecified atom stereocenters. The first-order valence-electron chi connectivity index (χ1n) is 8.52. The number of unbranched alkanes of at least 4 members (excludes halogenated alkanes) is 1. The molecule has 1 heterocycles. The molecule has 0 amide bonds. The molecule has 0 saturated carbocycles. The average molecular weight is 369 g/mol. The van der Waals surface area contributed by atoms with Gasteiger partial charge in [0.25, 0.3) is 0 Å². The van der Waals surface area contributed by atoms with Gasteiger partial charge in [-0.2, -0.15) is 0 Å². The standard InChI is InChI=1S/C18H27NO5S/c1-5-6-9-25(21,22)12-19-15-11-18(2,3)24-16-8-7-13(10-14(15)16)17(20)23-4/h7-8,10,15,19H,5-6,9,11-12H2,1-4H3. The number of benzene rings is 1. The number of esters is 1. The number of hydrogen-bond acceptors (Lipinski definition) is 6. The Kier molecular flexibility index (Phi) is 6.11. The van der Waals surface area contributed by atoms with E-state index in [0.717, 1.165) is 12.0 Å². The summed E-state index contributed by atoms with van der Waals surface area (Å²) in [5, 5.41) is 3.15. The van der Waals surface area contributed by atoms with Crippen molar-refractivity contribution in [2.24, 2.45) is 0 Å². The highest BCUT2D eigenvalue weighted by molar-refractivity contribution is 7.91. The van der Waals surface area contributed by atoms with Crippen LogP contribution in [0.4, 0.5) is 0 Å². The Bertz CT molecular complexity index is 727. The maximum atomic E-state index is 12.2. The summed E-state index contributed by atoms with van der Waals surface area (Å²) in [6.45, 7) is 5.89. The first-order valence-corrected chi connectivity index (χ1v) is 10.3. The van der Waals surface area contributed by atoms with Crippen LogP contribution in [-0.4, -0.2) is 38.7 Å². The number of rotatable bonds is 7. The number of sulfone groups is 1. The van der Waals surface area contributed by atoms with Crippen molar-refractivity contribution in [3.63, 3.8) is 0 Å². The van der Waals surface area contributed by atoms with Crippen molar-refractivity contribution in [1.82, 2.24) is 5.32 Å². The second-order valence-electron chi connectivity index (χ2n) is 7.01. The Morgan fingerprint density at radius 1 is 1.40 bits per heavy atom. The molecule has 1 aliphatic heterocycles. The number of nitrogens with one attached hydrogen (secondary N) is 1. The number of fused-ring (bicyclic) bond motifs is 1. The SMILES string of the molecule is CCCCS(=O)(=O)CNC1CC(C)(C)Oc2ccc(C(=O)OC)cc21. The molecular formula is C18H27NO5S. The number of carbonyl (C=O) groups is 1. The zero-order valence-electron chi connectivity index (χ0n) is 15.3. The van der Waals surface area contributed by atoms with Crippen molar-refractivity contribution in [1.29, 1.82) is 0 Å². The molecule has 0 aliphatic carbocycles. The molecule has 140 valence electrons. The van der Waals surface area contributed by atoms with E-state index >= 15 is 0 Å². The summed E-state index contributed by atoms with van der Waals surface area (Å²) in [5.74, 6) is 0.322. The van der Waals surface area contributed by atoms with Gasteiger partial charge in [-0.15, -0.1) is 0 Å². The van der Waals surface area contributed by atoms with E-state index in [1.807, 2.05) is 20.8 Å². The lowest BCUT2D eigenvalue weighted by Gasteiger charge is -2.38. The summed E-state index contributed by atoms with van der Waals surface area (Å²) >= 11 is 0. The van der Waals surface area contributed by atoms with E-state index in [1.54, 1.807) is 18.2 Å². The van der Waals surface area contributed by atoms with Crippen LogP contribution in [0.25, 0.3) is 0 Å². The second-order valence-corrected chi connectivity index (χ2v) is 9.20. The van der Waals surface area contributed by atoms with Crippen molar-refractivity contribution in [3.8, 4) is 5.75 Å². The van der Waals surface area contributed by atoms with E-state index in [2.05, 4.69) is 5.32 Å². The van der Waals surface area contributed by atoms with Crippen LogP contribution in [0.15, 0.2) is 18.2 Å². The maximum absolute atomic E-state index is 12.2. The van der Waals surface area contributed by atoms with Crippen LogP contribution in [0.3, 0.4) is 0 Å². The highest BCUT2D eigenvalue weighted by Gasteiger charge is 2.34. The minimum Gasteiger partial charge on any atom is -0.487 e. The Labute approximate surface area is 149 Å². The van der Waals surface area contributed by atoms with Crippen LogP contribution >= 0.6 is 0 Å². The van der Waals surface area contributed by atoms with Crippen molar-refractivity contribution in [2.75, 3.05) is 18.7 Å². The molecule has 1 N–H and O–H groups in total. The van der Waals surface area contributed by atoms with Crippen molar-refractivity contribution < 1.29 is 22.7 Å². The van der Waals surface area contributed by atoms with Gasteiger partial charge in [0.1, 0.15) is 11.4 Å². The molecule has 1 aromatic carbocycles. The van der Waals surface area contributed by atoms with Crippen LogP contribution in [0, 0.1) is 0 Å². The first-order chi connectivity index (χ1) is 11.7. The highest BCUT2D eigenvalue weighted by Crippen LogP contribution is 2.40. The average Bonchev–Trinajstić information content (AvgIpc) is 2.56. The van der Waals surface area contributed by atoms with Crippen LogP contribution in [0.5, 0.6) is 5.75 Å². The molecule has 0 saturated heterocycles. The lowest BCUT2D eigenvalue weighted by atomic mass is 9.89. The van der Waals surface area contributed by atoms with Crippen LogP contribution in [0.2, 0.25) is 0 Å². The lowest BCUT2D eigenvalue weighted by Crippen LogP contribution is -2.41. The van der Waals surface area contributed by atoms with E-state index in [9.17, 15) is 13.2 Å². The third kappa shape index (κ3) is 5.19. The summed E-state index contributed by atoms with van der Waals surface area (Å²) in [5.41, 5.74) is 0.781. The van der Waals surface area contributed by atoms with Crippen molar-refractivity contribution >= 4 is 15.8 Å². The van der Waals surface area contributed by atoms with Gasteiger partial charge in [-0.1, -0.05) is 13.3 Å². The van der Waals surface area contributed by atoms with E-state index in [1.165, 1.54) is 7.11 Å². The van der Waals surface area contributed by atoms with Gasteiger partial charge < -0.3 is 9.47 Å². The molecule has 2 rings (SSSR count). The third-order valence-corrected chi connectivity index (χ3v) is 5.76. The third-order valence-electron chi connectivity index (χ3n) is 4.25. The minimum atomic E-state index is -3.16. The molecule has 1 atom stereocenters. The number of methoxy groups -OCH3 is 1. The molecule has 1 aromatic rings. The molecular weight excluding hydrogens is 342 g/mol. The fraction of sp³-hybridized carbons (Fsp3) is 0.611. The highest BCUT2D eigenvalue weighted by atomic mass is 32.2. The van der Waals surface area contributed by atoms with Gasteiger partial charge in [0.05, 0.1) is 24.3 Å². The summed E-state index contributed by atoms with van der Waals surface area (Å²) in [6, 6.07) is 4.90. The zero-order valence-corrected chi connectivity index (χ0v) is 16.1. The van der Waals surface area contributed by atoms with Gasteiger partial charge in [-0.3, -0.25) is 5.32 Å². The Hall–Kier alpha value is -1.60. The summed E-state index contributed by atoms with van der Waals surface area (Å²) in [6.07, 6.45) is 2.11. The molecule has 0 spiro atoms. The van der Waals surface area contributed by atoms with Crippen LogP contribution in [0.1, 0.15) is 62.0 Å². The predicted octanol–water partition coefficient (Wildman–Crippen LogP) is 2.84. The van der Waals surface area contributed by atoms with E-state index in [4.69, 9.17) is 9.47 Å². The molecule has 0 bridgehead atoms. The van der Waals surface area contributed by atoms with Gasteiger partial charge >= 0.3 is 5.97 Å². The molecule has 0 fully saturated rings. The molecule has 0 radical (unpaired) electrons. The van der Waals surface area contributed by atoms with E-state index in [-0.39, 0.29) is 17.7 Å². The van der Waals surface area contributed by atoms with Crippen LogP contribution in [-0.2, 0) is 14.6 Å². The quantitative estimate of drug-likeness (QED) is 0.744. The zero-order chi connectivity index (χ0) is 18.7. The fourth-order valence-corrected chi connectivity index (χ4v) is 4.27. The lowest BCUT2D eigenvalue weighted by molar-refractivity contribution is 0.0596.